The highest BCUT2D eigenvalue weighted by atomic mass is 16.3. The van der Waals surface area contributed by atoms with Gasteiger partial charge in [0.15, 0.2) is 5.69 Å². The second kappa shape index (κ2) is 5.85. The van der Waals surface area contributed by atoms with Gasteiger partial charge >= 0.3 is 0 Å². The first-order valence-electron chi connectivity index (χ1n) is 6.92. The summed E-state index contributed by atoms with van der Waals surface area (Å²) in [7, 11) is 1.71. The molecule has 0 aliphatic rings. The number of amides is 1. The lowest BCUT2D eigenvalue weighted by molar-refractivity contribution is 0.0768. The smallest absolute Gasteiger partial charge is 0.276 e. The van der Waals surface area contributed by atoms with Gasteiger partial charge in [-0.15, -0.1) is 5.10 Å². The van der Waals surface area contributed by atoms with E-state index in [1.165, 1.54) is 11.0 Å². The zero-order valence-corrected chi connectivity index (χ0v) is 12.4. The summed E-state index contributed by atoms with van der Waals surface area (Å²) in [6.07, 6.45) is 1.47. The van der Waals surface area contributed by atoms with Crippen LogP contribution in [0.25, 0.3) is 5.69 Å². The second-order valence-corrected chi connectivity index (χ2v) is 5.03. The molecule has 0 spiro atoms. The van der Waals surface area contributed by atoms with Gasteiger partial charge in [0.05, 0.1) is 18.4 Å². The van der Waals surface area contributed by atoms with Gasteiger partial charge in [0.25, 0.3) is 5.91 Å². The number of hydrogen-bond acceptors (Lipinski definition) is 4. The third-order valence-corrected chi connectivity index (χ3v) is 3.23. The summed E-state index contributed by atoms with van der Waals surface area (Å²) in [5.41, 5.74) is 1.11. The molecule has 6 heteroatoms. The highest BCUT2D eigenvalue weighted by molar-refractivity contribution is 5.91. The summed E-state index contributed by atoms with van der Waals surface area (Å²) < 4.78 is 5.48. The molecule has 0 bridgehead atoms. The molecule has 2 heterocycles. The minimum atomic E-state index is -0.198. The Bertz CT molecular complexity index is 776. The van der Waals surface area contributed by atoms with Gasteiger partial charge in [-0.25, -0.2) is 0 Å². The first-order valence-corrected chi connectivity index (χ1v) is 6.92. The van der Waals surface area contributed by atoms with E-state index in [1.807, 2.05) is 49.4 Å². The van der Waals surface area contributed by atoms with Gasteiger partial charge < -0.3 is 9.32 Å². The van der Waals surface area contributed by atoms with Gasteiger partial charge in [0, 0.05) is 7.05 Å². The van der Waals surface area contributed by atoms with E-state index in [9.17, 15) is 4.79 Å². The van der Waals surface area contributed by atoms with Crippen molar-refractivity contribution in [3.05, 3.63) is 65.9 Å². The minimum absolute atomic E-state index is 0.198. The van der Waals surface area contributed by atoms with E-state index >= 15 is 0 Å². The van der Waals surface area contributed by atoms with Crippen molar-refractivity contribution in [2.75, 3.05) is 7.05 Å². The van der Waals surface area contributed by atoms with Crippen molar-refractivity contribution in [3.8, 4) is 5.69 Å². The zero-order chi connectivity index (χ0) is 15.5. The summed E-state index contributed by atoms with van der Waals surface area (Å²) in [6.45, 7) is 2.27. The van der Waals surface area contributed by atoms with Crippen LogP contribution in [0.3, 0.4) is 0 Å². The van der Waals surface area contributed by atoms with Gasteiger partial charge in [-0.1, -0.05) is 18.2 Å². The van der Waals surface area contributed by atoms with E-state index in [4.69, 9.17) is 4.42 Å². The number of carbonyl (C=O) groups excluding carboxylic acids is 1. The third-order valence-electron chi connectivity index (χ3n) is 3.23. The molecule has 0 fully saturated rings. The van der Waals surface area contributed by atoms with Crippen LogP contribution in [0.1, 0.15) is 22.0 Å². The molecule has 22 heavy (non-hydrogen) atoms. The predicted octanol–water partition coefficient (Wildman–Crippen LogP) is 2.44. The number of carbonyl (C=O) groups is 1. The number of rotatable bonds is 4. The average Bonchev–Trinajstić information content (AvgIpc) is 3.17. The maximum atomic E-state index is 12.4. The molecule has 0 aliphatic carbocycles. The molecule has 3 rings (SSSR count). The Labute approximate surface area is 128 Å². The number of hydrogen-bond donors (Lipinski definition) is 0. The number of nitrogens with zero attached hydrogens (tertiary/aromatic N) is 4. The fraction of sp³-hybridized carbons (Fsp3) is 0.188. The standard InChI is InChI=1S/C16H16N4O2/c1-12-8-9-14(22-12)11-19(2)16(21)15-10-17-20(18-15)13-6-4-3-5-7-13/h3-10H,11H2,1-2H3. The number of benzene rings is 1. The number of furan rings is 1. The highest BCUT2D eigenvalue weighted by Gasteiger charge is 2.17. The van der Waals surface area contributed by atoms with Gasteiger partial charge in [-0.05, 0) is 31.2 Å². The van der Waals surface area contributed by atoms with Gasteiger partial charge in [-0.2, -0.15) is 9.90 Å². The molecule has 0 saturated carbocycles. The number of aromatic nitrogens is 3. The van der Waals surface area contributed by atoms with E-state index in [0.29, 0.717) is 12.2 Å². The van der Waals surface area contributed by atoms with E-state index in [-0.39, 0.29) is 5.91 Å². The molecule has 3 aromatic rings. The Kier molecular flexibility index (Phi) is 3.74. The highest BCUT2D eigenvalue weighted by Crippen LogP contribution is 2.11. The van der Waals surface area contributed by atoms with Crippen LogP contribution in [0.15, 0.2) is 53.1 Å². The van der Waals surface area contributed by atoms with Crippen molar-refractivity contribution in [3.63, 3.8) is 0 Å². The topological polar surface area (TPSA) is 64.2 Å². The monoisotopic (exact) mass is 296 g/mol. The Morgan fingerprint density at radius 3 is 2.68 bits per heavy atom. The Balaban J connectivity index is 1.74. The fourth-order valence-corrected chi connectivity index (χ4v) is 2.12. The van der Waals surface area contributed by atoms with Crippen LogP contribution < -0.4 is 0 Å². The normalized spacial score (nSPS) is 10.6. The molecule has 0 N–H and O–H groups in total. The fourth-order valence-electron chi connectivity index (χ4n) is 2.12. The predicted molar refractivity (Wildman–Crippen MR) is 80.6 cm³/mol. The summed E-state index contributed by atoms with van der Waals surface area (Å²) >= 11 is 0. The van der Waals surface area contributed by atoms with E-state index in [0.717, 1.165) is 17.2 Å². The summed E-state index contributed by atoms with van der Waals surface area (Å²) in [4.78, 5) is 15.4. The molecule has 6 nitrogen and oxygen atoms in total. The summed E-state index contributed by atoms with van der Waals surface area (Å²) in [6, 6.07) is 13.2. The largest absolute Gasteiger partial charge is 0.464 e. The zero-order valence-electron chi connectivity index (χ0n) is 12.4. The molecule has 112 valence electrons. The molecule has 1 amide bonds. The quantitative estimate of drug-likeness (QED) is 0.742. The molecule has 0 unspecified atom stereocenters. The van der Waals surface area contributed by atoms with Crippen LogP contribution in [0.5, 0.6) is 0 Å². The van der Waals surface area contributed by atoms with Crippen LogP contribution in [-0.4, -0.2) is 32.8 Å². The first kappa shape index (κ1) is 14.1. The van der Waals surface area contributed by atoms with Crippen LogP contribution in [0.2, 0.25) is 0 Å². The third kappa shape index (κ3) is 2.90. The second-order valence-electron chi connectivity index (χ2n) is 5.03. The van der Waals surface area contributed by atoms with Crippen LogP contribution in [0.4, 0.5) is 0 Å². The van der Waals surface area contributed by atoms with E-state index < -0.39 is 0 Å². The molecule has 0 atom stereocenters. The molecule has 1 aromatic carbocycles. The average molecular weight is 296 g/mol. The van der Waals surface area contributed by atoms with Crippen molar-refractivity contribution in [2.45, 2.75) is 13.5 Å². The van der Waals surface area contributed by atoms with Crippen LogP contribution in [0, 0.1) is 6.92 Å². The van der Waals surface area contributed by atoms with Crippen molar-refractivity contribution < 1.29 is 9.21 Å². The molecule has 0 saturated heterocycles. The molecule has 2 aromatic heterocycles. The van der Waals surface area contributed by atoms with Gasteiger partial charge in [0.1, 0.15) is 11.5 Å². The molecular weight excluding hydrogens is 280 g/mol. The Morgan fingerprint density at radius 1 is 1.23 bits per heavy atom. The maximum Gasteiger partial charge on any atom is 0.276 e. The minimum Gasteiger partial charge on any atom is -0.464 e. The van der Waals surface area contributed by atoms with Gasteiger partial charge in [0.2, 0.25) is 0 Å². The lowest BCUT2D eigenvalue weighted by Gasteiger charge is -2.13. The van der Waals surface area contributed by atoms with Gasteiger partial charge in [-0.3, -0.25) is 4.79 Å². The molecular formula is C16H16N4O2. The van der Waals surface area contributed by atoms with Crippen molar-refractivity contribution in [2.24, 2.45) is 0 Å². The Hall–Kier alpha value is -2.89. The number of para-hydroxylation sites is 1. The van der Waals surface area contributed by atoms with Crippen LogP contribution >= 0.6 is 0 Å². The lowest BCUT2D eigenvalue weighted by atomic mass is 10.3. The van der Waals surface area contributed by atoms with Crippen molar-refractivity contribution >= 4 is 5.91 Å². The maximum absolute atomic E-state index is 12.4. The van der Waals surface area contributed by atoms with E-state index in [2.05, 4.69) is 10.2 Å². The Morgan fingerprint density at radius 2 is 2.00 bits per heavy atom. The first-order chi connectivity index (χ1) is 10.6. The molecule has 0 radical (unpaired) electrons. The lowest BCUT2D eigenvalue weighted by Crippen LogP contribution is -2.26. The van der Waals surface area contributed by atoms with Crippen molar-refractivity contribution in [1.82, 2.24) is 19.9 Å². The number of aryl methyl sites for hydroxylation is 1. The molecule has 0 aliphatic heterocycles. The summed E-state index contributed by atoms with van der Waals surface area (Å²) in [5, 5.41) is 8.37. The van der Waals surface area contributed by atoms with Crippen molar-refractivity contribution in [1.29, 1.82) is 0 Å². The van der Waals surface area contributed by atoms with Crippen LogP contribution in [-0.2, 0) is 6.54 Å². The van der Waals surface area contributed by atoms with E-state index in [1.54, 1.807) is 11.9 Å². The SMILES string of the molecule is Cc1ccc(CN(C)C(=O)c2cnn(-c3ccccc3)n2)o1. The summed E-state index contributed by atoms with van der Waals surface area (Å²) in [5.74, 6) is 1.37.